The Morgan fingerprint density at radius 2 is 1.72 bits per heavy atom. The molecule has 0 N–H and O–H groups in total. The van der Waals surface area contributed by atoms with E-state index in [1.165, 1.54) is 13.0 Å². The molecule has 0 aliphatic rings. The second-order valence-electron chi connectivity index (χ2n) is 4.98. The Bertz CT molecular complexity index is 861. The van der Waals surface area contributed by atoms with Crippen molar-refractivity contribution in [2.24, 2.45) is 0 Å². The lowest BCUT2D eigenvalue weighted by Crippen LogP contribution is -2.28. The quantitative estimate of drug-likeness (QED) is 0.439. The summed E-state index contributed by atoms with van der Waals surface area (Å²) in [7, 11) is -5.90. The molecule has 0 radical (unpaired) electrons. The molecule has 0 aromatic heterocycles. The van der Waals surface area contributed by atoms with Crippen molar-refractivity contribution in [1.82, 2.24) is 0 Å². The Morgan fingerprint density at radius 3 is 2.28 bits per heavy atom. The maximum Gasteiger partial charge on any atom is 0.534 e. The molecular weight excluding hydrogens is 361 g/mol. The van der Waals surface area contributed by atoms with Crippen LogP contribution in [0.25, 0.3) is 0 Å². The number of carbonyl (C=O) groups is 1. The van der Waals surface area contributed by atoms with Gasteiger partial charge < -0.3 is 8.92 Å². The number of aldehydes is 1. The van der Waals surface area contributed by atoms with Gasteiger partial charge in [0, 0.05) is 5.56 Å². The Balaban J connectivity index is 2.34. The van der Waals surface area contributed by atoms with E-state index in [9.17, 15) is 26.4 Å². The van der Waals surface area contributed by atoms with E-state index in [0.717, 1.165) is 11.6 Å². The minimum Gasteiger partial charge on any atom is -0.488 e. The van der Waals surface area contributed by atoms with Gasteiger partial charge in [-0.15, -0.1) is 0 Å². The van der Waals surface area contributed by atoms with Crippen LogP contribution < -0.4 is 8.92 Å². The number of benzene rings is 2. The molecule has 25 heavy (non-hydrogen) atoms. The van der Waals surface area contributed by atoms with Gasteiger partial charge in [-0.25, -0.2) is 0 Å². The predicted molar refractivity (Wildman–Crippen MR) is 82.9 cm³/mol. The molecule has 0 saturated carbocycles. The minimum atomic E-state index is -5.90. The molecule has 2 aromatic rings. The van der Waals surface area contributed by atoms with Gasteiger partial charge in [0.2, 0.25) is 0 Å². The summed E-state index contributed by atoms with van der Waals surface area (Å²) in [6, 6.07) is 11.4. The number of alkyl halides is 3. The van der Waals surface area contributed by atoms with Gasteiger partial charge in [0.25, 0.3) is 0 Å². The normalized spacial score (nSPS) is 11.8. The van der Waals surface area contributed by atoms with Gasteiger partial charge in [-0.1, -0.05) is 30.3 Å². The Labute approximate surface area is 142 Å². The number of halogens is 3. The highest BCUT2D eigenvalue weighted by molar-refractivity contribution is 7.88. The van der Waals surface area contributed by atoms with Gasteiger partial charge in [-0.3, -0.25) is 4.79 Å². The summed E-state index contributed by atoms with van der Waals surface area (Å²) in [6.07, 6.45) is 0.204. The maximum absolute atomic E-state index is 12.5. The van der Waals surface area contributed by atoms with Crippen LogP contribution in [0, 0.1) is 6.92 Å². The number of rotatable bonds is 6. The van der Waals surface area contributed by atoms with Gasteiger partial charge >= 0.3 is 15.6 Å². The molecule has 0 fully saturated rings. The fourth-order valence-electron chi connectivity index (χ4n) is 1.95. The largest absolute Gasteiger partial charge is 0.534 e. The second kappa shape index (κ2) is 7.14. The zero-order chi connectivity index (χ0) is 18.7. The van der Waals surface area contributed by atoms with Gasteiger partial charge in [0.15, 0.2) is 12.0 Å². The third-order valence-corrected chi connectivity index (χ3v) is 4.18. The summed E-state index contributed by atoms with van der Waals surface area (Å²) in [5.41, 5.74) is -5.18. The first-order chi connectivity index (χ1) is 11.7. The van der Waals surface area contributed by atoms with E-state index in [1.54, 1.807) is 24.3 Å². The third-order valence-electron chi connectivity index (χ3n) is 3.23. The van der Waals surface area contributed by atoms with Crippen LogP contribution in [-0.2, 0) is 16.7 Å². The summed E-state index contributed by atoms with van der Waals surface area (Å²) in [4.78, 5) is 11.0. The summed E-state index contributed by atoms with van der Waals surface area (Å²) < 4.78 is 69.7. The number of carbonyl (C=O) groups excluding carboxylic acids is 1. The third kappa shape index (κ3) is 4.30. The molecule has 134 valence electrons. The molecule has 0 heterocycles. The molecule has 2 rings (SSSR count). The van der Waals surface area contributed by atoms with E-state index < -0.39 is 21.4 Å². The fourth-order valence-corrected chi connectivity index (χ4v) is 2.48. The van der Waals surface area contributed by atoms with E-state index in [2.05, 4.69) is 4.18 Å². The molecule has 0 aliphatic carbocycles. The summed E-state index contributed by atoms with van der Waals surface area (Å²) in [5, 5.41) is 0. The van der Waals surface area contributed by atoms with Crippen LogP contribution in [0.2, 0.25) is 0 Å². The number of hydrogen-bond acceptors (Lipinski definition) is 5. The first kappa shape index (κ1) is 18.8. The highest BCUT2D eigenvalue weighted by atomic mass is 32.2. The van der Waals surface area contributed by atoms with Gasteiger partial charge in [-0.2, -0.15) is 21.6 Å². The van der Waals surface area contributed by atoms with Crippen LogP contribution in [0.1, 0.15) is 21.5 Å². The molecule has 0 unspecified atom stereocenters. The molecule has 0 atom stereocenters. The van der Waals surface area contributed by atoms with Crippen molar-refractivity contribution in [3.63, 3.8) is 0 Å². The molecule has 2 aromatic carbocycles. The van der Waals surface area contributed by atoms with Crippen LogP contribution in [0.5, 0.6) is 11.5 Å². The topological polar surface area (TPSA) is 69.7 Å². The van der Waals surface area contributed by atoms with Crippen molar-refractivity contribution < 1.29 is 35.3 Å². The van der Waals surface area contributed by atoms with Crippen LogP contribution in [0.15, 0.2) is 42.5 Å². The van der Waals surface area contributed by atoms with Crippen LogP contribution >= 0.6 is 0 Å². The lowest BCUT2D eigenvalue weighted by molar-refractivity contribution is -0.0500. The van der Waals surface area contributed by atoms with Crippen molar-refractivity contribution in [2.75, 3.05) is 0 Å². The fraction of sp³-hybridized carbons (Fsp3) is 0.188. The lowest BCUT2D eigenvalue weighted by Gasteiger charge is -2.16. The van der Waals surface area contributed by atoms with Crippen molar-refractivity contribution in [1.29, 1.82) is 0 Å². The average molecular weight is 374 g/mol. The molecule has 0 amide bonds. The molecular formula is C16H13F3O5S. The van der Waals surface area contributed by atoms with Crippen molar-refractivity contribution in [3.8, 4) is 11.5 Å². The highest BCUT2D eigenvalue weighted by Crippen LogP contribution is 2.35. The minimum absolute atomic E-state index is 0.0339. The van der Waals surface area contributed by atoms with Crippen molar-refractivity contribution in [2.45, 2.75) is 19.0 Å². The molecule has 0 saturated heterocycles. The van der Waals surface area contributed by atoms with E-state index in [1.807, 2.05) is 6.07 Å². The Morgan fingerprint density at radius 1 is 1.08 bits per heavy atom. The summed E-state index contributed by atoms with van der Waals surface area (Å²) in [5.74, 6) is -0.611. The zero-order valence-corrected chi connectivity index (χ0v) is 13.7. The summed E-state index contributed by atoms with van der Waals surface area (Å²) >= 11 is 0. The Kier molecular flexibility index (Phi) is 5.36. The molecule has 9 heteroatoms. The molecule has 0 bridgehead atoms. The Hall–Kier alpha value is -2.55. The van der Waals surface area contributed by atoms with E-state index in [4.69, 9.17) is 4.74 Å². The lowest BCUT2D eigenvalue weighted by atomic mass is 10.1. The van der Waals surface area contributed by atoms with Crippen molar-refractivity contribution >= 4 is 16.4 Å². The van der Waals surface area contributed by atoms with E-state index >= 15 is 0 Å². The summed E-state index contributed by atoms with van der Waals surface area (Å²) in [6.45, 7) is 1.40. The molecule has 5 nitrogen and oxygen atoms in total. The molecule has 0 aliphatic heterocycles. The standard InChI is InChI=1S/C16H13F3O5S/c1-11-14(23-10-12-5-3-2-4-6-12)8-7-13(9-20)15(11)24-25(21,22)16(17,18)19/h2-9H,10H2,1H3. The number of hydrogen-bond donors (Lipinski definition) is 0. The van der Waals surface area contributed by atoms with E-state index in [0.29, 0.717) is 0 Å². The smallest absolute Gasteiger partial charge is 0.488 e. The SMILES string of the molecule is Cc1c(OCc2ccccc2)ccc(C=O)c1OS(=O)(=O)C(F)(F)F. The molecule has 0 spiro atoms. The van der Waals surface area contributed by atoms with Crippen LogP contribution in [0.3, 0.4) is 0 Å². The predicted octanol–water partition coefficient (Wildman–Crippen LogP) is 3.61. The van der Waals surface area contributed by atoms with Crippen molar-refractivity contribution in [3.05, 3.63) is 59.2 Å². The van der Waals surface area contributed by atoms with E-state index in [-0.39, 0.29) is 29.8 Å². The monoisotopic (exact) mass is 374 g/mol. The van der Waals surface area contributed by atoms with Gasteiger partial charge in [0.05, 0.1) is 5.56 Å². The van der Waals surface area contributed by atoms with Crippen LogP contribution in [-0.4, -0.2) is 20.2 Å². The first-order valence-corrected chi connectivity index (χ1v) is 8.33. The van der Waals surface area contributed by atoms with Crippen LogP contribution in [0.4, 0.5) is 13.2 Å². The zero-order valence-electron chi connectivity index (χ0n) is 12.9. The maximum atomic E-state index is 12.5. The average Bonchev–Trinajstić information content (AvgIpc) is 2.55. The number of ether oxygens (including phenoxy) is 1. The van der Waals surface area contributed by atoms with Gasteiger partial charge in [0.1, 0.15) is 12.4 Å². The second-order valence-corrected chi connectivity index (χ2v) is 6.52. The highest BCUT2D eigenvalue weighted by Gasteiger charge is 2.49. The van der Waals surface area contributed by atoms with Gasteiger partial charge in [-0.05, 0) is 24.6 Å². The first-order valence-electron chi connectivity index (χ1n) is 6.92.